The number of hydrogen-bond donors (Lipinski definition) is 3. The normalized spacial score (nSPS) is 12.5. The molecule has 2 atom stereocenters. The van der Waals surface area contributed by atoms with Crippen molar-refractivity contribution in [2.75, 3.05) is 14.2 Å². The fraction of sp³-hybridized carbons (Fsp3) is 0.381. The van der Waals surface area contributed by atoms with Crippen molar-refractivity contribution in [2.45, 2.75) is 32.4 Å². The monoisotopic (exact) mass is 430 g/mol. The smallest absolute Gasteiger partial charge is 0.328 e. The zero-order valence-corrected chi connectivity index (χ0v) is 17.8. The molecule has 0 spiro atoms. The Balaban J connectivity index is 2.09. The molecule has 10 nitrogen and oxygen atoms in total. The lowest BCUT2D eigenvalue weighted by Gasteiger charge is -2.19. The van der Waals surface area contributed by atoms with E-state index in [0.29, 0.717) is 0 Å². The Kier molecular flexibility index (Phi) is 8.30. The van der Waals surface area contributed by atoms with Gasteiger partial charge in [-0.1, -0.05) is 44.2 Å². The lowest BCUT2D eigenvalue weighted by Crippen LogP contribution is -2.45. The third kappa shape index (κ3) is 6.39. The third-order valence-corrected chi connectivity index (χ3v) is 4.54. The number of nitrogens with zero attached hydrogens (tertiary/aromatic N) is 1. The molecule has 0 saturated carbocycles. The van der Waals surface area contributed by atoms with Gasteiger partial charge in [0, 0.05) is 12.5 Å². The van der Waals surface area contributed by atoms with Crippen LogP contribution >= 0.6 is 0 Å². The number of rotatable bonds is 9. The van der Waals surface area contributed by atoms with Crippen molar-refractivity contribution < 1.29 is 28.7 Å². The zero-order valence-electron chi connectivity index (χ0n) is 17.8. The number of H-pyrrole nitrogens is 1. The Labute approximate surface area is 179 Å². The molecule has 0 fully saturated rings. The zero-order chi connectivity index (χ0) is 23.0. The molecule has 2 rings (SSSR count). The summed E-state index contributed by atoms with van der Waals surface area (Å²) in [4.78, 5) is 48.9. The van der Waals surface area contributed by atoms with Gasteiger partial charge in [-0.25, -0.2) is 9.59 Å². The molecular weight excluding hydrogens is 404 g/mol. The van der Waals surface area contributed by atoms with E-state index in [2.05, 4.69) is 20.8 Å². The molecule has 3 N–H and O–H groups in total. The van der Waals surface area contributed by atoms with Crippen LogP contribution < -0.4 is 10.6 Å². The van der Waals surface area contributed by atoms with Crippen LogP contribution in [0.5, 0.6) is 0 Å². The summed E-state index contributed by atoms with van der Waals surface area (Å²) >= 11 is 0. The molecule has 0 bridgehead atoms. The summed E-state index contributed by atoms with van der Waals surface area (Å²) in [6, 6.07) is 8.58. The maximum atomic E-state index is 12.6. The van der Waals surface area contributed by atoms with Gasteiger partial charge in [0.25, 0.3) is 11.8 Å². The largest absolute Gasteiger partial charge is 0.467 e. The van der Waals surface area contributed by atoms with Gasteiger partial charge in [-0.2, -0.15) is 5.10 Å². The highest BCUT2D eigenvalue weighted by Crippen LogP contribution is 2.08. The number of ether oxygens (including phenoxy) is 2. The maximum Gasteiger partial charge on any atom is 0.328 e. The van der Waals surface area contributed by atoms with E-state index >= 15 is 0 Å². The molecule has 1 aromatic carbocycles. The van der Waals surface area contributed by atoms with Gasteiger partial charge >= 0.3 is 11.9 Å². The molecule has 0 radical (unpaired) electrons. The van der Waals surface area contributed by atoms with Crippen molar-refractivity contribution in [1.82, 2.24) is 20.8 Å². The SMILES string of the molecule is COC(=O)[C@H](Cc1ccccc1)NC(=O)c1cc(C(=O)N[C@H](C(=O)OC)C(C)C)[nH]n1. The molecule has 0 aliphatic carbocycles. The number of nitrogens with one attached hydrogen (secondary N) is 3. The average Bonchev–Trinajstić information content (AvgIpc) is 3.27. The summed E-state index contributed by atoms with van der Waals surface area (Å²) in [6.45, 7) is 3.51. The van der Waals surface area contributed by atoms with Gasteiger partial charge in [-0.3, -0.25) is 14.7 Å². The van der Waals surface area contributed by atoms with Crippen LogP contribution in [0.4, 0.5) is 0 Å². The molecule has 0 aliphatic heterocycles. The Hall–Kier alpha value is -3.69. The van der Waals surface area contributed by atoms with Crippen LogP contribution in [0.15, 0.2) is 36.4 Å². The highest BCUT2D eigenvalue weighted by molar-refractivity contribution is 6.00. The van der Waals surface area contributed by atoms with Crippen molar-refractivity contribution >= 4 is 23.8 Å². The lowest BCUT2D eigenvalue weighted by molar-refractivity contribution is -0.144. The predicted molar refractivity (Wildman–Crippen MR) is 110 cm³/mol. The van der Waals surface area contributed by atoms with Crippen molar-refractivity contribution in [3.05, 3.63) is 53.3 Å². The minimum Gasteiger partial charge on any atom is -0.467 e. The summed E-state index contributed by atoms with van der Waals surface area (Å²) in [5.74, 6) is -2.67. The average molecular weight is 430 g/mol. The molecule has 0 saturated heterocycles. The first-order chi connectivity index (χ1) is 14.8. The molecule has 1 aromatic heterocycles. The molecular formula is C21H26N4O6. The standard InChI is InChI=1S/C21H26N4O6/c1-12(2)17(21(29)31-4)23-19(27)15-11-14(24-25-15)18(26)22-16(20(28)30-3)10-13-8-6-5-7-9-13/h5-9,11-12,16-17H,10H2,1-4H3,(H,22,26)(H,23,27)(H,24,25)/t16-,17-/m0/s1. The summed E-state index contributed by atoms with van der Waals surface area (Å²) < 4.78 is 9.47. The first-order valence-corrected chi connectivity index (χ1v) is 9.63. The Morgan fingerprint density at radius 2 is 1.61 bits per heavy atom. The summed E-state index contributed by atoms with van der Waals surface area (Å²) in [5, 5.41) is 11.4. The maximum absolute atomic E-state index is 12.6. The van der Waals surface area contributed by atoms with Gasteiger partial charge in [-0.15, -0.1) is 0 Å². The third-order valence-electron chi connectivity index (χ3n) is 4.54. The second kappa shape index (κ2) is 10.9. The number of hydrogen-bond acceptors (Lipinski definition) is 7. The van der Waals surface area contributed by atoms with Crippen molar-refractivity contribution in [3.8, 4) is 0 Å². The summed E-state index contributed by atoms with van der Waals surface area (Å²) in [7, 11) is 2.46. The number of carbonyl (C=O) groups is 4. The van der Waals surface area contributed by atoms with E-state index in [9.17, 15) is 19.2 Å². The number of amides is 2. The van der Waals surface area contributed by atoms with E-state index in [1.54, 1.807) is 13.8 Å². The molecule has 2 aromatic rings. The molecule has 0 unspecified atom stereocenters. The molecule has 2 amide bonds. The van der Waals surface area contributed by atoms with Crippen molar-refractivity contribution in [1.29, 1.82) is 0 Å². The fourth-order valence-corrected chi connectivity index (χ4v) is 2.82. The van der Waals surface area contributed by atoms with Crippen LogP contribution in [0, 0.1) is 5.92 Å². The first kappa shape index (κ1) is 23.6. The van der Waals surface area contributed by atoms with Crippen LogP contribution in [0.25, 0.3) is 0 Å². The van der Waals surface area contributed by atoms with Crippen molar-refractivity contribution in [3.63, 3.8) is 0 Å². The molecule has 31 heavy (non-hydrogen) atoms. The highest BCUT2D eigenvalue weighted by Gasteiger charge is 2.27. The van der Waals surface area contributed by atoms with Gasteiger partial charge < -0.3 is 20.1 Å². The van der Waals surface area contributed by atoms with Gasteiger partial charge in [-0.05, 0) is 11.5 Å². The second-order valence-corrected chi connectivity index (χ2v) is 7.12. The van der Waals surface area contributed by atoms with Gasteiger partial charge in [0.1, 0.15) is 17.8 Å². The topological polar surface area (TPSA) is 139 Å². The molecule has 0 aliphatic rings. The number of methoxy groups -OCH3 is 2. The van der Waals surface area contributed by atoms with Gasteiger partial charge in [0.2, 0.25) is 0 Å². The number of esters is 2. The van der Waals surface area contributed by atoms with E-state index in [1.165, 1.54) is 20.3 Å². The summed E-state index contributed by atoms with van der Waals surface area (Å²) in [5.41, 5.74) is 0.728. The van der Waals surface area contributed by atoms with Crippen LogP contribution in [-0.2, 0) is 25.5 Å². The van der Waals surface area contributed by atoms with E-state index < -0.39 is 35.8 Å². The predicted octanol–water partition coefficient (Wildman–Crippen LogP) is 0.851. The minimum absolute atomic E-state index is 0.0163. The van der Waals surface area contributed by atoms with Gasteiger partial charge in [0.05, 0.1) is 14.2 Å². The van der Waals surface area contributed by atoms with Crippen LogP contribution in [-0.4, -0.2) is 60.3 Å². The first-order valence-electron chi connectivity index (χ1n) is 9.63. The number of aromatic amines is 1. The van der Waals surface area contributed by atoms with Gasteiger partial charge in [0.15, 0.2) is 5.69 Å². The molecule has 166 valence electrons. The number of benzene rings is 1. The van der Waals surface area contributed by atoms with E-state index in [4.69, 9.17) is 9.47 Å². The quantitative estimate of drug-likeness (QED) is 0.501. The summed E-state index contributed by atoms with van der Waals surface area (Å²) in [6.07, 6.45) is 0.228. The molecule has 1 heterocycles. The molecule has 10 heteroatoms. The van der Waals surface area contributed by atoms with Crippen LogP contribution in [0.2, 0.25) is 0 Å². The Morgan fingerprint density at radius 1 is 0.968 bits per heavy atom. The Bertz CT molecular complexity index is 925. The fourth-order valence-electron chi connectivity index (χ4n) is 2.82. The van der Waals surface area contributed by atoms with Crippen molar-refractivity contribution in [2.24, 2.45) is 5.92 Å². The lowest BCUT2D eigenvalue weighted by atomic mass is 10.0. The van der Waals surface area contributed by atoms with E-state index in [1.807, 2.05) is 30.3 Å². The Morgan fingerprint density at radius 3 is 2.19 bits per heavy atom. The highest BCUT2D eigenvalue weighted by atomic mass is 16.5. The second-order valence-electron chi connectivity index (χ2n) is 7.12. The number of aromatic nitrogens is 2. The van der Waals surface area contributed by atoms with E-state index in [0.717, 1.165) is 5.56 Å². The van der Waals surface area contributed by atoms with Crippen LogP contribution in [0.1, 0.15) is 40.4 Å². The van der Waals surface area contributed by atoms with Crippen LogP contribution in [0.3, 0.4) is 0 Å². The minimum atomic E-state index is -0.932. The number of carbonyl (C=O) groups excluding carboxylic acids is 4. The van der Waals surface area contributed by atoms with E-state index in [-0.39, 0.29) is 23.7 Å².